The molecule has 1 amide bonds. The molecule has 0 N–H and O–H groups in total. The monoisotopic (exact) mass is 531 g/mol. The standard InChI is InChI=1S/C28H36F3N5O2/c1-5-7-9-19(6-2)27(37)36-14-12-35(13-15-36)25-23-24(20-10-8-11-21(17-20)28(29,30)31)34-38-26(23)33-22(32-25)16-18(3)4/h8,10-11,17-19H,5-7,9,12-16H2,1-4H3/t19-/m0/s1. The van der Waals surface area contributed by atoms with Crippen LogP contribution in [-0.4, -0.2) is 52.1 Å². The Morgan fingerprint density at radius 2 is 1.84 bits per heavy atom. The summed E-state index contributed by atoms with van der Waals surface area (Å²) in [4.78, 5) is 26.5. The molecule has 7 nitrogen and oxygen atoms in total. The van der Waals surface area contributed by atoms with Crippen molar-refractivity contribution in [3.8, 4) is 11.3 Å². The normalized spacial score (nSPS) is 15.5. The highest BCUT2D eigenvalue weighted by Crippen LogP contribution is 2.37. The Morgan fingerprint density at radius 3 is 2.47 bits per heavy atom. The van der Waals surface area contributed by atoms with Crippen molar-refractivity contribution in [2.75, 3.05) is 31.1 Å². The molecular weight excluding hydrogens is 495 g/mol. The molecule has 206 valence electrons. The predicted molar refractivity (Wildman–Crippen MR) is 141 cm³/mol. The van der Waals surface area contributed by atoms with Gasteiger partial charge in [-0.3, -0.25) is 4.79 Å². The number of halogens is 3. The van der Waals surface area contributed by atoms with E-state index >= 15 is 0 Å². The van der Waals surface area contributed by atoms with Crippen LogP contribution in [0.5, 0.6) is 0 Å². The molecule has 0 aliphatic carbocycles. The van der Waals surface area contributed by atoms with E-state index in [0.717, 1.165) is 37.8 Å². The molecule has 1 aromatic carbocycles. The van der Waals surface area contributed by atoms with Gasteiger partial charge in [0.2, 0.25) is 5.91 Å². The predicted octanol–water partition coefficient (Wildman–Crippen LogP) is 6.37. The van der Waals surface area contributed by atoms with E-state index in [4.69, 9.17) is 9.51 Å². The molecule has 3 aromatic rings. The van der Waals surface area contributed by atoms with E-state index in [1.165, 1.54) is 6.07 Å². The number of alkyl halides is 3. The fraction of sp³-hybridized carbons (Fsp3) is 0.571. The molecule has 0 unspecified atom stereocenters. The van der Waals surface area contributed by atoms with Crippen molar-refractivity contribution in [2.24, 2.45) is 11.8 Å². The minimum absolute atomic E-state index is 0.0375. The van der Waals surface area contributed by atoms with Crippen molar-refractivity contribution in [3.63, 3.8) is 0 Å². The number of amides is 1. The summed E-state index contributed by atoms with van der Waals surface area (Å²) in [6, 6.07) is 5.04. The summed E-state index contributed by atoms with van der Waals surface area (Å²) in [7, 11) is 0. The summed E-state index contributed by atoms with van der Waals surface area (Å²) in [6.45, 7) is 10.5. The van der Waals surface area contributed by atoms with E-state index in [1.807, 2.05) is 4.90 Å². The van der Waals surface area contributed by atoms with Gasteiger partial charge in [0.25, 0.3) is 5.71 Å². The molecule has 3 heterocycles. The van der Waals surface area contributed by atoms with Crippen LogP contribution in [0.3, 0.4) is 0 Å². The number of hydrogen-bond donors (Lipinski definition) is 0. The number of hydrogen-bond acceptors (Lipinski definition) is 6. The SMILES string of the molecule is CCCC[C@H](CC)C(=O)N1CCN(c2nc(CC(C)C)nc3onc(-c4cccc(C(F)(F)F)c4)c23)CC1. The van der Waals surface area contributed by atoms with Gasteiger partial charge >= 0.3 is 6.18 Å². The lowest BCUT2D eigenvalue weighted by molar-refractivity contribution is -0.137. The van der Waals surface area contributed by atoms with Crippen LogP contribution in [0.25, 0.3) is 22.4 Å². The number of fused-ring (bicyclic) bond motifs is 1. The van der Waals surface area contributed by atoms with Crippen molar-refractivity contribution in [3.05, 3.63) is 35.7 Å². The molecule has 1 aliphatic heterocycles. The molecule has 10 heteroatoms. The van der Waals surface area contributed by atoms with Gasteiger partial charge in [-0.1, -0.05) is 57.8 Å². The third-order valence-corrected chi connectivity index (χ3v) is 7.06. The van der Waals surface area contributed by atoms with Gasteiger partial charge < -0.3 is 14.3 Å². The van der Waals surface area contributed by atoms with Gasteiger partial charge in [-0.2, -0.15) is 18.2 Å². The van der Waals surface area contributed by atoms with Crippen LogP contribution in [0.2, 0.25) is 0 Å². The summed E-state index contributed by atoms with van der Waals surface area (Å²) in [6.07, 6.45) is -0.0316. The van der Waals surface area contributed by atoms with Gasteiger partial charge in [-0.05, 0) is 30.9 Å². The van der Waals surface area contributed by atoms with Crippen LogP contribution in [0.15, 0.2) is 28.8 Å². The molecule has 4 rings (SSSR count). The number of nitrogens with zero attached hydrogens (tertiary/aromatic N) is 5. The number of piperazine rings is 1. The number of rotatable bonds is 9. The number of benzene rings is 1. The first-order valence-electron chi connectivity index (χ1n) is 13.5. The number of carbonyl (C=O) groups excluding carboxylic acids is 1. The largest absolute Gasteiger partial charge is 0.416 e. The molecule has 1 aliphatic rings. The van der Waals surface area contributed by atoms with Gasteiger partial charge in [0.05, 0.1) is 5.56 Å². The van der Waals surface area contributed by atoms with Gasteiger partial charge in [0.15, 0.2) is 0 Å². The van der Waals surface area contributed by atoms with Crippen LogP contribution < -0.4 is 4.90 Å². The Balaban J connectivity index is 1.67. The number of anilines is 1. The minimum Gasteiger partial charge on any atom is -0.352 e. The third kappa shape index (κ3) is 6.10. The van der Waals surface area contributed by atoms with Crippen LogP contribution in [-0.2, 0) is 17.4 Å². The summed E-state index contributed by atoms with van der Waals surface area (Å²) in [5.74, 6) is 1.72. The topological polar surface area (TPSA) is 75.4 Å². The van der Waals surface area contributed by atoms with Crippen LogP contribution >= 0.6 is 0 Å². The second-order valence-electron chi connectivity index (χ2n) is 10.4. The Bertz CT molecular complexity index is 1250. The molecule has 2 aromatic heterocycles. The van der Waals surface area contributed by atoms with Crippen LogP contribution in [0, 0.1) is 11.8 Å². The second-order valence-corrected chi connectivity index (χ2v) is 10.4. The summed E-state index contributed by atoms with van der Waals surface area (Å²) in [5, 5.41) is 4.63. The van der Waals surface area contributed by atoms with Gasteiger partial charge in [-0.25, -0.2) is 4.98 Å². The smallest absolute Gasteiger partial charge is 0.352 e. The average molecular weight is 532 g/mol. The fourth-order valence-electron chi connectivity index (χ4n) is 4.95. The van der Waals surface area contributed by atoms with Crippen molar-refractivity contribution in [1.29, 1.82) is 0 Å². The lowest BCUT2D eigenvalue weighted by Gasteiger charge is -2.37. The van der Waals surface area contributed by atoms with E-state index < -0.39 is 11.7 Å². The Morgan fingerprint density at radius 1 is 1.11 bits per heavy atom. The van der Waals surface area contributed by atoms with Gasteiger partial charge in [0.1, 0.15) is 22.7 Å². The highest BCUT2D eigenvalue weighted by molar-refractivity contribution is 5.98. The highest BCUT2D eigenvalue weighted by atomic mass is 19.4. The molecule has 1 saturated heterocycles. The number of unbranched alkanes of at least 4 members (excludes halogenated alkanes) is 1. The van der Waals surface area contributed by atoms with E-state index in [0.29, 0.717) is 55.5 Å². The molecule has 1 fully saturated rings. The maximum atomic E-state index is 13.4. The summed E-state index contributed by atoms with van der Waals surface area (Å²) < 4.78 is 45.8. The van der Waals surface area contributed by atoms with Crippen molar-refractivity contribution in [1.82, 2.24) is 20.0 Å². The molecular formula is C28H36F3N5O2. The Kier molecular flexibility index (Phi) is 8.57. The quantitative estimate of drug-likeness (QED) is 0.320. The molecule has 38 heavy (non-hydrogen) atoms. The second kappa shape index (κ2) is 11.7. The zero-order valence-corrected chi connectivity index (χ0v) is 22.5. The van der Waals surface area contributed by atoms with E-state index in [-0.39, 0.29) is 28.8 Å². The van der Waals surface area contributed by atoms with E-state index in [2.05, 4.69) is 42.7 Å². The van der Waals surface area contributed by atoms with Crippen molar-refractivity contribution < 1.29 is 22.5 Å². The minimum atomic E-state index is -4.48. The summed E-state index contributed by atoms with van der Waals surface area (Å²) >= 11 is 0. The molecule has 1 atom stereocenters. The first-order chi connectivity index (χ1) is 18.1. The van der Waals surface area contributed by atoms with Crippen molar-refractivity contribution in [2.45, 2.75) is 66.0 Å². The van der Waals surface area contributed by atoms with E-state index in [9.17, 15) is 18.0 Å². The molecule has 0 radical (unpaired) electrons. The number of aromatic nitrogens is 3. The lowest BCUT2D eigenvalue weighted by atomic mass is 9.97. The molecule has 0 saturated carbocycles. The first-order valence-corrected chi connectivity index (χ1v) is 13.5. The summed E-state index contributed by atoms with van der Waals surface area (Å²) in [5.41, 5.74) is 0.0600. The van der Waals surface area contributed by atoms with Crippen LogP contribution in [0.1, 0.15) is 64.8 Å². The Hall–Kier alpha value is -3.17. The molecule has 0 bridgehead atoms. The molecule has 0 spiro atoms. The zero-order valence-electron chi connectivity index (χ0n) is 22.5. The lowest BCUT2D eigenvalue weighted by Crippen LogP contribution is -2.50. The maximum absolute atomic E-state index is 13.4. The van der Waals surface area contributed by atoms with Gasteiger partial charge in [0, 0.05) is 44.1 Å². The van der Waals surface area contributed by atoms with Crippen molar-refractivity contribution >= 4 is 22.8 Å². The maximum Gasteiger partial charge on any atom is 0.416 e. The first kappa shape index (κ1) is 27.9. The fourth-order valence-corrected chi connectivity index (χ4v) is 4.95. The third-order valence-electron chi connectivity index (χ3n) is 7.06. The average Bonchev–Trinajstić information content (AvgIpc) is 3.32. The number of carbonyl (C=O) groups is 1. The Labute approximate surface area is 221 Å². The van der Waals surface area contributed by atoms with Gasteiger partial charge in [-0.15, -0.1) is 0 Å². The van der Waals surface area contributed by atoms with Crippen LogP contribution in [0.4, 0.5) is 19.0 Å². The zero-order chi connectivity index (χ0) is 27.4. The highest BCUT2D eigenvalue weighted by Gasteiger charge is 2.32. The van der Waals surface area contributed by atoms with E-state index in [1.54, 1.807) is 6.07 Å².